The minimum atomic E-state index is -1.77. The number of amides is 3. The molecule has 0 saturated heterocycles. The zero-order chi connectivity index (χ0) is 22.3. The molecule has 1 aromatic heterocycles. The van der Waals surface area contributed by atoms with Crippen molar-refractivity contribution in [3.05, 3.63) is 64.9 Å². The highest BCUT2D eigenvalue weighted by molar-refractivity contribution is 7.07. The molecule has 0 bridgehead atoms. The Labute approximate surface area is 179 Å². The van der Waals surface area contributed by atoms with E-state index in [9.17, 15) is 24.4 Å². The molecule has 3 amide bonds. The van der Waals surface area contributed by atoms with Gasteiger partial charge in [-0.05, 0) is 53.1 Å². The highest BCUT2D eigenvalue weighted by Gasteiger charge is 2.27. The lowest BCUT2D eigenvalue weighted by molar-refractivity contribution is -0.122. The number of nitrogens with zero attached hydrogens (tertiary/aromatic N) is 2. The zero-order valence-electron chi connectivity index (χ0n) is 16.8. The van der Waals surface area contributed by atoms with E-state index in [-0.39, 0.29) is 18.9 Å². The Morgan fingerprint density at radius 2 is 2.00 bits per heavy atom. The average molecular weight is 429 g/mol. The van der Waals surface area contributed by atoms with Crippen LogP contribution in [0.4, 0.5) is 5.69 Å². The molecule has 0 spiro atoms. The van der Waals surface area contributed by atoms with E-state index < -0.39 is 24.9 Å². The second kappa shape index (κ2) is 10.7. The maximum absolute atomic E-state index is 12.6. The normalized spacial score (nSPS) is 11.3. The van der Waals surface area contributed by atoms with Gasteiger partial charge in [-0.1, -0.05) is 12.6 Å². The van der Waals surface area contributed by atoms with Crippen LogP contribution < -0.4 is 10.2 Å². The van der Waals surface area contributed by atoms with Crippen LogP contribution in [0.5, 0.6) is 0 Å². The number of hydrogen-bond acceptors (Lipinski definition) is 6. The van der Waals surface area contributed by atoms with Gasteiger partial charge in [0.1, 0.15) is 6.54 Å². The van der Waals surface area contributed by atoms with Crippen LogP contribution in [0.25, 0.3) is 0 Å². The molecule has 8 nitrogen and oxygen atoms in total. The third-order valence-corrected chi connectivity index (χ3v) is 5.03. The number of nitrogens with one attached hydrogen (secondary N) is 1. The van der Waals surface area contributed by atoms with Gasteiger partial charge in [0.15, 0.2) is 0 Å². The van der Waals surface area contributed by atoms with Gasteiger partial charge in [-0.15, -0.1) is 0 Å². The number of carbonyl (C=O) groups is 3. The van der Waals surface area contributed by atoms with E-state index in [0.717, 1.165) is 11.6 Å². The first kappa shape index (κ1) is 23.3. The van der Waals surface area contributed by atoms with Crippen molar-refractivity contribution < 1.29 is 24.4 Å². The smallest absolute Gasteiger partial charge is 0.426 e. The first-order valence-corrected chi connectivity index (χ1v) is 10.1. The summed E-state index contributed by atoms with van der Waals surface area (Å²) in [5.74, 6) is -2.29. The van der Waals surface area contributed by atoms with Crippen LogP contribution in [0, 0.1) is 0 Å². The summed E-state index contributed by atoms with van der Waals surface area (Å²) in [4.78, 5) is 39.8. The Balaban J connectivity index is 2.18. The zero-order valence-corrected chi connectivity index (χ0v) is 17.6. The summed E-state index contributed by atoms with van der Waals surface area (Å²) in [6.45, 7) is 3.08. The summed E-state index contributed by atoms with van der Waals surface area (Å²) in [5, 5.41) is 25.5. The maximum atomic E-state index is 12.6. The number of benzene rings is 1. The second-order valence-corrected chi connectivity index (χ2v) is 7.58. The molecule has 158 valence electrons. The van der Waals surface area contributed by atoms with Gasteiger partial charge in [-0.25, -0.2) is 0 Å². The van der Waals surface area contributed by atoms with Gasteiger partial charge in [-0.3, -0.25) is 19.3 Å². The van der Waals surface area contributed by atoms with Crippen molar-refractivity contribution in [3.63, 3.8) is 0 Å². The summed E-state index contributed by atoms with van der Waals surface area (Å²) < 4.78 is 0. The first-order valence-electron chi connectivity index (χ1n) is 9.15. The maximum Gasteiger partial charge on any atom is 0.475 e. The molecule has 1 heterocycles. The lowest BCUT2D eigenvalue weighted by Crippen LogP contribution is -2.51. The molecule has 3 N–H and O–H groups in total. The van der Waals surface area contributed by atoms with Crippen molar-refractivity contribution in [1.82, 2.24) is 10.2 Å². The molecule has 0 unspecified atom stereocenters. The summed E-state index contributed by atoms with van der Waals surface area (Å²) in [7, 11) is 1.46. The molecule has 2 rings (SSSR count). The summed E-state index contributed by atoms with van der Waals surface area (Å²) >= 11 is 1.46. The summed E-state index contributed by atoms with van der Waals surface area (Å²) in [6.07, 6.45) is 1.30. The van der Waals surface area contributed by atoms with Crippen molar-refractivity contribution >= 4 is 41.9 Å². The van der Waals surface area contributed by atoms with E-state index in [1.807, 2.05) is 16.8 Å². The van der Waals surface area contributed by atoms with Crippen LogP contribution in [-0.4, -0.2) is 66.4 Å². The predicted molar refractivity (Wildman–Crippen MR) is 117 cm³/mol. The SMILES string of the molecule is C=CC(=O)N(CC(=O)N[C@@H](Cc1ccsc1)B(O)O)c1cccc(C(=O)N(C)C)c1. The quantitative estimate of drug-likeness (QED) is 0.402. The number of carbonyl (C=O) groups excluding carboxylic acids is 3. The van der Waals surface area contributed by atoms with E-state index in [1.165, 1.54) is 27.2 Å². The molecule has 10 heteroatoms. The minimum absolute atomic E-state index is 0.231. The largest absolute Gasteiger partial charge is 0.475 e. The van der Waals surface area contributed by atoms with E-state index in [1.54, 1.807) is 32.3 Å². The van der Waals surface area contributed by atoms with E-state index in [4.69, 9.17) is 0 Å². The van der Waals surface area contributed by atoms with Crippen molar-refractivity contribution in [3.8, 4) is 0 Å². The van der Waals surface area contributed by atoms with Gasteiger partial charge in [0.25, 0.3) is 11.8 Å². The molecule has 0 saturated carbocycles. The Hall–Kier alpha value is -2.95. The fraction of sp³-hybridized carbons (Fsp3) is 0.250. The van der Waals surface area contributed by atoms with Crippen LogP contribution in [0.3, 0.4) is 0 Å². The van der Waals surface area contributed by atoms with Crippen molar-refractivity contribution in [2.45, 2.75) is 12.4 Å². The third-order valence-electron chi connectivity index (χ3n) is 4.30. The molecule has 0 aliphatic carbocycles. The van der Waals surface area contributed by atoms with Crippen LogP contribution in [-0.2, 0) is 16.0 Å². The van der Waals surface area contributed by atoms with Crippen molar-refractivity contribution in [2.24, 2.45) is 0 Å². The number of anilines is 1. The monoisotopic (exact) mass is 429 g/mol. The van der Waals surface area contributed by atoms with Gasteiger partial charge >= 0.3 is 7.12 Å². The molecule has 2 aromatic rings. The van der Waals surface area contributed by atoms with Crippen LogP contribution >= 0.6 is 11.3 Å². The lowest BCUT2D eigenvalue weighted by atomic mass is 9.76. The predicted octanol–water partition coefficient (Wildman–Crippen LogP) is 0.708. The fourth-order valence-electron chi connectivity index (χ4n) is 2.76. The standard InChI is InChI=1S/C20H24BN3O5S/c1-4-19(26)24(16-7-5-6-15(11-16)20(27)23(2)3)12-18(25)22-17(21(28)29)10-14-8-9-30-13-14/h4-9,11,13,17,28-29H,1,10,12H2,2-3H3,(H,22,25)/t17-/m0/s1. The van der Waals surface area contributed by atoms with E-state index in [2.05, 4.69) is 11.9 Å². The molecule has 0 fully saturated rings. The number of thiophene rings is 1. The van der Waals surface area contributed by atoms with Crippen LogP contribution in [0.1, 0.15) is 15.9 Å². The lowest BCUT2D eigenvalue weighted by Gasteiger charge is -2.24. The Kier molecular flexibility index (Phi) is 8.34. The highest BCUT2D eigenvalue weighted by Crippen LogP contribution is 2.18. The Bertz CT molecular complexity index is 902. The Morgan fingerprint density at radius 1 is 1.27 bits per heavy atom. The molecule has 0 aliphatic rings. The second-order valence-electron chi connectivity index (χ2n) is 6.80. The minimum Gasteiger partial charge on any atom is -0.426 e. The summed E-state index contributed by atoms with van der Waals surface area (Å²) in [5.41, 5.74) is 1.56. The average Bonchev–Trinajstić information content (AvgIpc) is 3.23. The molecular weight excluding hydrogens is 405 g/mol. The molecule has 0 aliphatic heterocycles. The van der Waals surface area contributed by atoms with Crippen LogP contribution in [0.2, 0.25) is 0 Å². The molecule has 0 radical (unpaired) electrons. The molecule has 1 atom stereocenters. The molecule has 30 heavy (non-hydrogen) atoms. The summed E-state index contributed by atoms with van der Waals surface area (Å²) in [6, 6.07) is 8.17. The third kappa shape index (κ3) is 6.28. The van der Waals surface area contributed by atoms with Crippen molar-refractivity contribution in [1.29, 1.82) is 0 Å². The fourth-order valence-corrected chi connectivity index (χ4v) is 3.44. The van der Waals surface area contributed by atoms with Crippen molar-refractivity contribution in [2.75, 3.05) is 25.5 Å². The Morgan fingerprint density at radius 3 is 2.57 bits per heavy atom. The number of rotatable bonds is 9. The number of hydrogen-bond donors (Lipinski definition) is 3. The van der Waals surface area contributed by atoms with Gasteiger partial charge in [0.2, 0.25) is 5.91 Å². The molecule has 1 aromatic carbocycles. The van der Waals surface area contributed by atoms with Gasteiger partial charge in [0, 0.05) is 25.3 Å². The highest BCUT2D eigenvalue weighted by atomic mass is 32.1. The van der Waals surface area contributed by atoms with E-state index in [0.29, 0.717) is 11.3 Å². The van der Waals surface area contributed by atoms with E-state index >= 15 is 0 Å². The van der Waals surface area contributed by atoms with Gasteiger partial charge in [-0.2, -0.15) is 11.3 Å². The first-order chi connectivity index (χ1) is 14.2. The topological polar surface area (TPSA) is 110 Å². The molecular formula is C20H24BN3O5S. The van der Waals surface area contributed by atoms with Crippen LogP contribution in [0.15, 0.2) is 53.7 Å². The van der Waals surface area contributed by atoms with Gasteiger partial charge in [0.05, 0.1) is 5.94 Å². The van der Waals surface area contributed by atoms with Gasteiger partial charge < -0.3 is 20.3 Å².